The summed E-state index contributed by atoms with van der Waals surface area (Å²) in [6.07, 6.45) is 0.283. The van der Waals surface area contributed by atoms with Crippen LogP contribution in [0.5, 0.6) is 0 Å². The molecule has 1 aromatic carbocycles. The van der Waals surface area contributed by atoms with Crippen LogP contribution in [0.2, 0.25) is 5.02 Å². The van der Waals surface area contributed by atoms with E-state index in [2.05, 4.69) is 30.3 Å². The zero-order valence-electron chi connectivity index (χ0n) is 11.0. The Hall–Kier alpha value is -0.610. The quantitative estimate of drug-likeness (QED) is 0.907. The molecule has 1 aliphatic rings. The van der Waals surface area contributed by atoms with Gasteiger partial charge in [0, 0.05) is 30.7 Å². The predicted octanol–water partition coefficient (Wildman–Crippen LogP) is 2.32. The van der Waals surface area contributed by atoms with Gasteiger partial charge in [-0.15, -0.1) is 0 Å². The number of nitrogens with zero attached hydrogens (tertiary/aromatic N) is 1. The summed E-state index contributed by atoms with van der Waals surface area (Å²) in [5.41, 5.74) is 1.21. The van der Waals surface area contributed by atoms with Crippen molar-refractivity contribution in [1.29, 1.82) is 0 Å². The fraction of sp³-hybridized carbons (Fsp3) is 0.571. The normalized spacial score (nSPS) is 22.9. The molecule has 100 valence electrons. The lowest BCUT2D eigenvalue weighted by Crippen LogP contribution is -2.45. The first-order chi connectivity index (χ1) is 8.65. The highest BCUT2D eigenvalue weighted by atomic mass is 35.5. The van der Waals surface area contributed by atoms with Crippen LogP contribution in [-0.2, 0) is 4.74 Å². The number of rotatable bonds is 4. The molecule has 1 N–H and O–H groups in total. The predicted molar refractivity (Wildman–Crippen MR) is 75.1 cm³/mol. The maximum Gasteiger partial charge on any atom is 0.0826 e. The number of hydrogen-bond donors (Lipinski definition) is 1. The van der Waals surface area contributed by atoms with Gasteiger partial charge in [0.15, 0.2) is 0 Å². The molecule has 2 rings (SSSR count). The average Bonchev–Trinajstić information content (AvgIpc) is 2.36. The van der Waals surface area contributed by atoms with Crippen LogP contribution in [0.3, 0.4) is 0 Å². The van der Waals surface area contributed by atoms with E-state index in [4.69, 9.17) is 16.3 Å². The molecule has 1 heterocycles. The minimum absolute atomic E-state index is 0.283. The van der Waals surface area contributed by atoms with Crippen LogP contribution in [0.4, 0.5) is 0 Å². The summed E-state index contributed by atoms with van der Waals surface area (Å²) in [5.74, 6) is 0. The van der Waals surface area contributed by atoms with Crippen LogP contribution in [0.1, 0.15) is 18.5 Å². The first-order valence-corrected chi connectivity index (χ1v) is 6.82. The molecule has 0 saturated carbocycles. The third-order valence-corrected chi connectivity index (χ3v) is 3.58. The fourth-order valence-corrected chi connectivity index (χ4v) is 2.39. The SMILES string of the molecule is C[C@@H](NCC1CN(C)CCO1)c1cccc(Cl)c1. The summed E-state index contributed by atoms with van der Waals surface area (Å²) in [5, 5.41) is 4.29. The van der Waals surface area contributed by atoms with Crippen LogP contribution >= 0.6 is 11.6 Å². The molecule has 0 radical (unpaired) electrons. The van der Waals surface area contributed by atoms with Gasteiger partial charge in [-0.2, -0.15) is 0 Å². The number of halogens is 1. The minimum atomic E-state index is 0.283. The molecule has 1 fully saturated rings. The number of hydrogen-bond acceptors (Lipinski definition) is 3. The van der Waals surface area contributed by atoms with E-state index in [-0.39, 0.29) is 6.10 Å². The van der Waals surface area contributed by atoms with Gasteiger partial charge < -0.3 is 15.0 Å². The zero-order chi connectivity index (χ0) is 13.0. The van der Waals surface area contributed by atoms with Crippen molar-refractivity contribution < 1.29 is 4.74 Å². The van der Waals surface area contributed by atoms with E-state index in [0.29, 0.717) is 6.04 Å². The van der Waals surface area contributed by atoms with Gasteiger partial charge in [-0.25, -0.2) is 0 Å². The second-order valence-corrected chi connectivity index (χ2v) is 5.38. The van der Waals surface area contributed by atoms with Crippen LogP contribution in [-0.4, -0.2) is 44.3 Å². The molecule has 18 heavy (non-hydrogen) atoms. The van der Waals surface area contributed by atoms with Gasteiger partial charge in [0.05, 0.1) is 12.7 Å². The molecule has 0 aliphatic carbocycles. The summed E-state index contributed by atoms with van der Waals surface area (Å²) in [7, 11) is 2.13. The highest BCUT2D eigenvalue weighted by Gasteiger charge is 2.18. The number of morpholine rings is 1. The Balaban J connectivity index is 1.82. The van der Waals surface area contributed by atoms with Gasteiger partial charge in [-0.3, -0.25) is 0 Å². The second kappa shape index (κ2) is 6.53. The molecule has 0 aromatic heterocycles. The van der Waals surface area contributed by atoms with Crippen molar-refractivity contribution in [2.75, 3.05) is 33.3 Å². The van der Waals surface area contributed by atoms with E-state index in [1.807, 2.05) is 18.2 Å². The van der Waals surface area contributed by atoms with Crippen molar-refractivity contribution in [3.63, 3.8) is 0 Å². The van der Waals surface area contributed by atoms with Gasteiger partial charge >= 0.3 is 0 Å². The first-order valence-electron chi connectivity index (χ1n) is 6.44. The number of nitrogens with one attached hydrogen (secondary N) is 1. The monoisotopic (exact) mass is 268 g/mol. The number of benzene rings is 1. The number of likely N-dealkylation sites (N-methyl/N-ethyl adjacent to an activating group) is 1. The molecule has 1 saturated heterocycles. The Morgan fingerprint density at radius 1 is 1.56 bits per heavy atom. The molecule has 1 unspecified atom stereocenters. The van der Waals surface area contributed by atoms with Crippen molar-refractivity contribution in [2.24, 2.45) is 0 Å². The van der Waals surface area contributed by atoms with Crippen LogP contribution < -0.4 is 5.32 Å². The third kappa shape index (κ3) is 3.95. The lowest BCUT2D eigenvalue weighted by atomic mass is 10.1. The van der Waals surface area contributed by atoms with E-state index in [9.17, 15) is 0 Å². The van der Waals surface area contributed by atoms with Crippen molar-refractivity contribution in [1.82, 2.24) is 10.2 Å². The Bertz CT molecular complexity index is 386. The van der Waals surface area contributed by atoms with E-state index in [1.54, 1.807) is 0 Å². The summed E-state index contributed by atoms with van der Waals surface area (Å²) in [4.78, 5) is 2.31. The molecule has 3 nitrogen and oxygen atoms in total. The van der Waals surface area contributed by atoms with Crippen LogP contribution in [0, 0.1) is 0 Å². The maximum atomic E-state index is 6.00. The highest BCUT2D eigenvalue weighted by molar-refractivity contribution is 6.30. The summed E-state index contributed by atoms with van der Waals surface area (Å²) >= 11 is 6.00. The van der Waals surface area contributed by atoms with Gasteiger partial charge in [-0.05, 0) is 31.7 Å². The van der Waals surface area contributed by atoms with Gasteiger partial charge in [0.25, 0.3) is 0 Å². The summed E-state index contributed by atoms with van der Waals surface area (Å²) in [6.45, 7) is 5.88. The standard InChI is InChI=1S/C14H21ClN2O/c1-11(12-4-3-5-13(15)8-12)16-9-14-10-17(2)6-7-18-14/h3-5,8,11,14,16H,6-7,9-10H2,1-2H3/t11-,14?/m1/s1. The Labute approximate surface area is 114 Å². The first kappa shape index (κ1) is 13.8. The van der Waals surface area contributed by atoms with Crippen LogP contribution in [0.15, 0.2) is 24.3 Å². The fourth-order valence-electron chi connectivity index (χ4n) is 2.19. The molecular weight excluding hydrogens is 248 g/mol. The Morgan fingerprint density at radius 2 is 2.39 bits per heavy atom. The topological polar surface area (TPSA) is 24.5 Å². The highest BCUT2D eigenvalue weighted by Crippen LogP contribution is 2.17. The molecule has 0 amide bonds. The zero-order valence-corrected chi connectivity index (χ0v) is 11.8. The van der Waals surface area contributed by atoms with E-state index in [0.717, 1.165) is 31.3 Å². The summed E-state index contributed by atoms with van der Waals surface area (Å²) in [6, 6.07) is 8.28. The van der Waals surface area contributed by atoms with Crippen molar-refractivity contribution in [2.45, 2.75) is 19.1 Å². The summed E-state index contributed by atoms with van der Waals surface area (Å²) < 4.78 is 5.73. The molecular formula is C14H21ClN2O. The lowest BCUT2D eigenvalue weighted by molar-refractivity contribution is -0.0190. The lowest BCUT2D eigenvalue weighted by Gasteiger charge is -2.31. The largest absolute Gasteiger partial charge is 0.374 e. The molecule has 0 bridgehead atoms. The van der Waals surface area contributed by atoms with Crippen LogP contribution in [0.25, 0.3) is 0 Å². The van der Waals surface area contributed by atoms with Gasteiger partial charge in [-0.1, -0.05) is 23.7 Å². The van der Waals surface area contributed by atoms with Crippen molar-refractivity contribution in [3.8, 4) is 0 Å². The van der Waals surface area contributed by atoms with Gasteiger partial charge in [0.1, 0.15) is 0 Å². The molecule has 2 atom stereocenters. The second-order valence-electron chi connectivity index (χ2n) is 4.94. The van der Waals surface area contributed by atoms with E-state index in [1.165, 1.54) is 5.56 Å². The average molecular weight is 269 g/mol. The molecule has 0 spiro atoms. The van der Waals surface area contributed by atoms with Crippen molar-refractivity contribution >= 4 is 11.6 Å². The number of ether oxygens (including phenoxy) is 1. The molecule has 1 aliphatic heterocycles. The third-order valence-electron chi connectivity index (χ3n) is 3.34. The molecule has 4 heteroatoms. The maximum absolute atomic E-state index is 6.00. The Kier molecular flexibility index (Phi) is 5.01. The molecule has 1 aromatic rings. The van der Waals surface area contributed by atoms with Crippen molar-refractivity contribution in [3.05, 3.63) is 34.9 Å². The Morgan fingerprint density at radius 3 is 3.11 bits per heavy atom. The van der Waals surface area contributed by atoms with Gasteiger partial charge in [0.2, 0.25) is 0 Å². The van der Waals surface area contributed by atoms with E-state index >= 15 is 0 Å². The minimum Gasteiger partial charge on any atom is -0.374 e. The van der Waals surface area contributed by atoms with E-state index < -0.39 is 0 Å². The smallest absolute Gasteiger partial charge is 0.0826 e.